The highest BCUT2D eigenvalue weighted by molar-refractivity contribution is 5.84. The van der Waals surface area contributed by atoms with Crippen LogP contribution in [0.25, 0.3) is 10.9 Å². The van der Waals surface area contributed by atoms with Crippen LogP contribution in [0.4, 0.5) is 0 Å². The predicted molar refractivity (Wildman–Crippen MR) is 68.4 cm³/mol. The minimum Gasteiger partial charge on any atom is -0.488 e. The van der Waals surface area contributed by atoms with Crippen molar-refractivity contribution in [3.05, 3.63) is 36.5 Å². The zero-order valence-electron chi connectivity index (χ0n) is 9.68. The average molecular weight is 229 g/mol. The van der Waals surface area contributed by atoms with Crippen LogP contribution in [0.3, 0.4) is 0 Å². The lowest BCUT2D eigenvalue weighted by Gasteiger charge is -2.14. The summed E-state index contributed by atoms with van der Waals surface area (Å²) in [6.07, 6.45) is 2.04. The zero-order chi connectivity index (χ0) is 12.3. The maximum atomic E-state index is 7.24. The Morgan fingerprint density at radius 1 is 1.41 bits per heavy atom. The third-order valence-corrected chi connectivity index (χ3v) is 2.43. The lowest BCUT2D eigenvalue weighted by atomic mass is 10.2. The van der Waals surface area contributed by atoms with Gasteiger partial charge >= 0.3 is 0 Å². The van der Waals surface area contributed by atoms with Gasteiger partial charge in [0.05, 0.1) is 5.84 Å². The minimum atomic E-state index is -0.125. The van der Waals surface area contributed by atoms with Gasteiger partial charge in [-0.25, -0.2) is 0 Å². The highest BCUT2D eigenvalue weighted by atomic mass is 16.5. The van der Waals surface area contributed by atoms with Gasteiger partial charge in [0, 0.05) is 18.0 Å². The first-order valence-corrected chi connectivity index (χ1v) is 5.50. The second-order valence-corrected chi connectivity index (χ2v) is 3.99. The van der Waals surface area contributed by atoms with Crippen molar-refractivity contribution in [1.82, 2.24) is 4.98 Å². The normalized spacial score (nSPS) is 12.3. The molecule has 4 nitrogen and oxygen atoms in total. The van der Waals surface area contributed by atoms with Crippen LogP contribution in [0, 0.1) is 5.41 Å². The van der Waals surface area contributed by atoms with Crippen LogP contribution >= 0.6 is 0 Å². The highest BCUT2D eigenvalue weighted by Crippen LogP contribution is 2.24. The molecule has 1 aromatic heterocycles. The van der Waals surface area contributed by atoms with Gasteiger partial charge in [-0.3, -0.25) is 10.4 Å². The fraction of sp³-hybridized carbons (Fsp3) is 0.231. The van der Waals surface area contributed by atoms with Crippen molar-refractivity contribution in [3.8, 4) is 5.75 Å². The number of ether oxygens (including phenoxy) is 1. The quantitative estimate of drug-likeness (QED) is 0.624. The summed E-state index contributed by atoms with van der Waals surface area (Å²) in [6.45, 7) is 1.89. The van der Waals surface area contributed by atoms with Gasteiger partial charge in [0.25, 0.3) is 0 Å². The molecular weight excluding hydrogens is 214 g/mol. The van der Waals surface area contributed by atoms with Gasteiger partial charge in [-0.15, -0.1) is 0 Å². The number of aromatic nitrogens is 1. The summed E-state index contributed by atoms with van der Waals surface area (Å²) < 4.78 is 5.76. The van der Waals surface area contributed by atoms with Gasteiger partial charge in [0.15, 0.2) is 0 Å². The van der Waals surface area contributed by atoms with Gasteiger partial charge in [0.2, 0.25) is 0 Å². The highest BCUT2D eigenvalue weighted by Gasteiger charge is 2.08. The zero-order valence-corrected chi connectivity index (χ0v) is 9.68. The third kappa shape index (κ3) is 2.72. The van der Waals surface area contributed by atoms with Crippen LogP contribution in [0.15, 0.2) is 36.5 Å². The van der Waals surface area contributed by atoms with Gasteiger partial charge in [-0.05, 0) is 19.1 Å². The van der Waals surface area contributed by atoms with Crippen molar-refractivity contribution in [2.75, 3.05) is 0 Å². The fourth-order valence-electron chi connectivity index (χ4n) is 1.74. The molecule has 17 heavy (non-hydrogen) atoms. The molecule has 0 bridgehead atoms. The van der Waals surface area contributed by atoms with E-state index < -0.39 is 0 Å². The van der Waals surface area contributed by atoms with Crippen LogP contribution in [0.1, 0.15) is 13.3 Å². The van der Waals surface area contributed by atoms with Gasteiger partial charge in [-0.2, -0.15) is 0 Å². The Morgan fingerprint density at radius 3 is 2.94 bits per heavy atom. The summed E-state index contributed by atoms with van der Waals surface area (Å²) in [5, 5.41) is 8.28. The first-order chi connectivity index (χ1) is 8.16. The largest absolute Gasteiger partial charge is 0.488 e. The topological polar surface area (TPSA) is 72.0 Å². The number of fused-ring (bicyclic) bond motifs is 1. The minimum absolute atomic E-state index is 0.125. The number of pyridine rings is 1. The molecule has 0 radical (unpaired) electrons. The SMILES string of the molecule is CC(CC(=N)N)Oc1cccc2cccnc12. The van der Waals surface area contributed by atoms with E-state index in [4.69, 9.17) is 15.9 Å². The van der Waals surface area contributed by atoms with E-state index in [0.717, 1.165) is 16.7 Å². The second-order valence-electron chi connectivity index (χ2n) is 3.99. The number of rotatable bonds is 4. The summed E-state index contributed by atoms with van der Waals surface area (Å²) in [4.78, 5) is 4.30. The summed E-state index contributed by atoms with van der Waals surface area (Å²) in [7, 11) is 0. The molecule has 3 N–H and O–H groups in total. The van der Waals surface area contributed by atoms with Crippen molar-refractivity contribution in [1.29, 1.82) is 5.41 Å². The molecule has 88 valence electrons. The molecule has 2 aromatic rings. The first kappa shape index (κ1) is 11.4. The molecule has 0 aliphatic heterocycles. The van der Waals surface area contributed by atoms with Crippen molar-refractivity contribution in [2.45, 2.75) is 19.4 Å². The average Bonchev–Trinajstić information content (AvgIpc) is 2.28. The van der Waals surface area contributed by atoms with Gasteiger partial charge in [-0.1, -0.05) is 18.2 Å². The number of hydrogen-bond acceptors (Lipinski definition) is 3. The molecule has 1 atom stereocenters. The molecule has 2 rings (SSSR count). The maximum Gasteiger partial charge on any atom is 0.145 e. The molecule has 0 fully saturated rings. The molecule has 0 amide bonds. The van der Waals surface area contributed by atoms with Gasteiger partial charge in [0.1, 0.15) is 17.4 Å². The van der Waals surface area contributed by atoms with Crippen molar-refractivity contribution in [2.24, 2.45) is 5.73 Å². The third-order valence-electron chi connectivity index (χ3n) is 2.43. The maximum absolute atomic E-state index is 7.24. The molecular formula is C13H15N3O. The lowest BCUT2D eigenvalue weighted by molar-refractivity contribution is 0.232. The number of hydrogen-bond donors (Lipinski definition) is 2. The Kier molecular flexibility index (Phi) is 3.23. The Morgan fingerprint density at radius 2 is 2.18 bits per heavy atom. The van der Waals surface area contributed by atoms with Crippen LogP contribution in [0.5, 0.6) is 5.75 Å². The predicted octanol–water partition coefficient (Wildman–Crippen LogP) is 2.33. The number of para-hydroxylation sites is 1. The van der Waals surface area contributed by atoms with E-state index in [1.165, 1.54) is 0 Å². The number of benzene rings is 1. The van der Waals surface area contributed by atoms with E-state index in [2.05, 4.69) is 4.98 Å². The Hall–Kier alpha value is -2.10. The lowest BCUT2D eigenvalue weighted by Crippen LogP contribution is -2.21. The standard InChI is InChI=1S/C13H15N3O/c1-9(8-12(14)15)17-11-6-2-4-10-5-3-7-16-13(10)11/h2-7,9H,8H2,1H3,(H3,14,15). The number of nitrogens with two attached hydrogens (primary N) is 1. The summed E-state index contributed by atoms with van der Waals surface area (Å²) in [5.41, 5.74) is 6.19. The number of nitrogens with zero attached hydrogens (tertiary/aromatic N) is 1. The van der Waals surface area contributed by atoms with Crippen molar-refractivity contribution >= 4 is 16.7 Å². The van der Waals surface area contributed by atoms with Crippen molar-refractivity contribution < 1.29 is 4.74 Å². The summed E-state index contributed by atoms with van der Waals surface area (Å²) in [6, 6.07) is 9.69. The summed E-state index contributed by atoms with van der Waals surface area (Å²) in [5.74, 6) is 0.863. The molecule has 0 aliphatic carbocycles. The van der Waals surface area contributed by atoms with E-state index in [9.17, 15) is 0 Å². The van der Waals surface area contributed by atoms with E-state index in [1.807, 2.05) is 37.3 Å². The second kappa shape index (κ2) is 4.82. The van der Waals surface area contributed by atoms with Crippen LogP contribution in [0.2, 0.25) is 0 Å². The molecule has 0 aliphatic rings. The first-order valence-electron chi connectivity index (χ1n) is 5.50. The summed E-state index contributed by atoms with van der Waals surface area (Å²) >= 11 is 0. The molecule has 1 heterocycles. The van der Waals surface area contributed by atoms with Crippen molar-refractivity contribution in [3.63, 3.8) is 0 Å². The molecule has 1 unspecified atom stereocenters. The van der Waals surface area contributed by atoms with Crippen LogP contribution < -0.4 is 10.5 Å². The monoisotopic (exact) mass is 229 g/mol. The van der Waals surface area contributed by atoms with Crippen LogP contribution in [-0.4, -0.2) is 16.9 Å². The number of amidine groups is 1. The Balaban J connectivity index is 2.26. The molecule has 4 heteroatoms. The van der Waals surface area contributed by atoms with Crippen LogP contribution in [-0.2, 0) is 0 Å². The molecule has 0 saturated heterocycles. The Bertz CT molecular complexity index is 534. The molecule has 0 spiro atoms. The Labute approximate surface area is 99.9 Å². The number of nitrogens with one attached hydrogen (secondary N) is 1. The van der Waals surface area contributed by atoms with E-state index >= 15 is 0 Å². The van der Waals surface area contributed by atoms with E-state index in [0.29, 0.717) is 6.42 Å². The van der Waals surface area contributed by atoms with E-state index in [1.54, 1.807) is 6.20 Å². The fourth-order valence-corrected chi connectivity index (χ4v) is 1.74. The molecule has 0 saturated carbocycles. The smallest absolute Gasteiger partial charge is 0.145 e. The molecule has 1 aromatic carbocycles. The van der Waals surface area contributed by atoms with E-state index in [-0.39, 0.29) is 11.9 Å². The van der Waals surface area contributed by atoms with Gasteiger partial charge < -0.3 is 10.5 Å².